The van der Waals surface area contributed by atoms with Crippen LogP contribution in [0.5, 0.6) is 0 Å². The summed E-state index contributed by atoms with van der Waals surface area (Å²) in [5.41, 5.74) is 1.78. The van der Waals surface area contributed by atoms with Crippen LogP contribution in [0.3, 0.4) is 0 Å². The minimum Gasteiger partial charge on any atom is -0.481 e. The molecular weight excluding hydrogens is 368 g/mol. The van der Waals surface area contributed by atoms with E-state index in [1.165, 1.54) is 0 Å². The molecule has 0 aliphatic rings. The van der Waals surface area contributed by atoms with Crippen molar-refractivity contribution >= 4 is 17.8 Å². The lowest BCUT2D eigenvalue weighted by Gasteiger charge is -2.19. The minimum absolute atomic E-state index is 0.0355. The van der Waals surface area contributed by atoms with Crippen molar-refractivity contribution in [2.45, 2.75) is 46.2 Å². The molecule has 3 N–H and O–H groups in total. The zero-order chi connectivity index (χ0) is 21.4. The van der Waals surface area contributed by atoms with Crippen LogP contribution in [-0.4, -0.2) is 22.9 Å². The zero-order valence-electron chi connectivity index (χ0n) is 17.1. The average Bonchev–Trinajstić information content (AvgIpc) is 2.69. The van der Waals surface area contributed by atoms with Crippen LogP contribution < -0.4 is 10.6 Å². The van der Waals surface area contributed by atoms with Crippen LogP contribution in [0, 0.1) is 5.41 Å². The first-order valence-electron chi connectivity index (χ1n) is 9.61. The van der Waals surface area contributed by atoms with Crippen LogP contribution >= 0.6 is 0 Å². The van der Waals surface area contributed by atoms with Crippen molar-refractivity contribution in [3.05, 3.63) is 71.3 Å². The van der Waals surface area contributed by atoms with Gasteiger partial charge in [-0.2, -0.15) is 0 Å². The molecule has 0 fully saturated rings. The molecule has 154 valence electrons. The lowest BCUT2D eigenvalue weighted by atomic mass is 9.95. The SMILES string of the molecule is CC(C)(C)C(=O)NCc1ccc(C(=O)NC(CCC(=O)O)c2ccccc2)cc1. The largest absolute Gasteiger partial charge is 0.481 e. The fourth-order valence-electron chi connectivity index (χ4n) is 2.74. The topological polar surface area (TPSA) is 95.5 Å². The molecule has 2 rings (SSSR count). The molecular formula is C23H28N2O4. The highest BCUT2D eigenvalue weighted by atomic mass is 16.4. The predicted octanol–water partition coefficient (Wildman–Crippen LogP) is 3.68. The third-order valence-corrected chi connectivity index (χ3v) is 4.50. The fourth-order valence-corrected chi connectivity index (χ4v) is 2.74. The Hall–Kier alpha value is -3.15. The molecule has 0 aliphatic carbocycles. The Labute approximate surface area is 171 Å². The van der Waals surface area contributed by atoms with Gasteiger partial charge < -0.3 is 15.7 Å². The molecule has 1 atom stereocenters. The number of aliphatic carboxylic acids is 1. The maximum absolute atomic E-state index is 12.7. The molecule has 2 amide bonds. The van der Waals surface area contributed by atoms with E-state index in [1.807, 2.05) is 51.1 Å². The maximum Gasteiger partial charge on any atom is 0.303 e. The molecule has 0 spiro atoms. The molecule has 6 heteroatoms. The predicted molar refractivity (Wildman–Crippen MR) is 111 cm³/mol. The van der Waals surface area contributed by atoms with Crippen LogP contribution in [0.1, 0.15) is 61.1 Å². The van der Waals surface area contributed by atoms with Crippen molar-refractivity contribution in [1.29, 1.82) is 0 Å². The van der Waals surface area contributed by atoms with Gasteiger partial charge in [0.2, 0.25) is 5.91 Å². The quantitative estimate of drug-likeness (QED) is 0.634. The lowest BCUT2D eigenvalue weighted by Crippen LogP contribution is -2.34. The van der Waals surface area contributed by atoms with Gasteiger partial charge in [-0.05, 0) is 29.7 Å². The number of hydrogen-bond donors (Lipinski definition) is 3. The van der Waals surface area contributed by atoms with Gasteiger partial charge in [-0.3, -0.25) is 14.4 Å². The average molecular weight is 396 g/mol. The summed E-state index contributed by atoms with van der Waals surface area (Å²) in [6, 6.07) is 15.9. The first-order chi connectivity index (χ1) is 13.7. The van der Waals surface area contributed by atoms with Gasteiger partial charge in [-0.25, -0.2) is 0 Å². The summed E-state index contributed by atoms with van der Waals surface area (Å²) < 4.78 is 0. The van der Waals surface area contributed by atoms with Gasteiger partial charge >= 0.3 is 5.97 Å². The van der Waals surface area contributed by atoms with E-state index in [0.717, 1.165) is 11.1 Å². The molecule has 0 radical (unpaired) electrons. The number of carboxylic acids is 1. The number of benzene rings is 2. The molecule has 0 saturated heterocycles. The van der Waals surface area contributed by atoms with Gasteiger partial charge in [0.25, 0.3) is 5.91 Å². The molecule has 0 aliphatic heterocycles. The second-order valence-electron chi connectivity index (χ2n) is 8.00. The van der Waals surface area contributed by atoms with E-state index >= 15 is 0 Å². The summed E-state index contributed by atoms with van der Waals surface area (Å²) in [5, 5.41) is 14.8. The van der Waals surface area contributed by atoms with E-state index < -0.39 is 11.4 Å². The highest BCUT2D eigenvalue weighted by molar-refractivity contribution is 5.94. The Morgan fingerprint density at radius 1 is 0.966 bits per heavy atom. The van der Waals surface area contributed by atoms with E-state index in [0.29, 0.717) is 18.5 Å². The first-order valence-corrected chi connectivity index (χ1v) is 9.61. The van der Waals surface area contributed by atoms with Crippen LogP contribution in [0.25, 0.3) is 0 Å². The van der Waals surface area contributed by atoms with Crippen molar-refractivity contribution in [1.82, 2.24) is 10.6 Å². The van der Waals surface area contributed by atoms with Gasteiger partial charge in [0, 0.05) is 23.9 Å². The lowest BCUT2D eigenvalue weighted by molar-refractivity contribution is -0.137. The van der Waals surface area contributed by atoms with Gasteiger partial charge in [0.15, 0.2) is 0 Å². The third-order valence-electron chi connectivity index (χ3n) is 4.50. The Balaban J connectivity index is 2.02. The zero-order valence-corrected chi connectivity index (χ0v) is 17.1. The van der Waals surface area contributed by atoms with E-state index in [4.69, 9.17) is 5.11 Å². The summed E-state index contributed by atoms with van der Waals surface area (Å²) in [4.78, 5) is 35.6. The third kappa shape index (κ3) is 7.07. The molecule has 2 aromatic rings. The number of nitrogens with one attached hydrogen (secondary N) is 2. The first kappa shape index (κ1) is 22.1. The van der Waals surface area contributed by atoms with Crippen molar-refractivity contribution in [2.24, 2.45) is 5.41 Å². The second kappa shape index (κ2) is 9.87. The molecule has 0 aromatic heterocycles. The normalized spacial score (nSPS) is 12.1. The number of hydrogen-bond acceptors (Lipinski definition) is 3. The van der Waals surface area contributed by atoms with Crippen LogP contribution in [0.15, 0.2) is 54.6 Å². The molecule has 0 heterocycles. The molecule has 29 heavy (non-hydrogen) atoms. The van der Waals surface area contributed by atoms with Crippen LogP contribution in [0.2, 0.25) is 0 Å². The molecule has 6 nitrogen and oxygen atoms in total. The summed E-state index contributed by atoms with van der Waals surface area (Å²) >= 11 is 0. The highest BCUT2D eigenvalue weighted by Gasteiger charge is 2.20. The van der Waals surface area contributed by atoms with Crippen molar-refractivity contribution < 1.29 is 19.5 Å². The second-order valence-corrected chi connectivity index (χ2v) is 8.00. The molecule has 1 unspecified atom stereocenters. The highest BCUT2D eigenvalue weighted by Crippen LogP contribution is 2.19. The summed E-state index contributed by atoms with van der Waals surface area (Å²) in [5.74, 6) is -1.21. The number of carboxylic acid groups (broad SMARTS) is 1. The van der Waals surface area contributed by atoms with Gasteiger partial charge in [0.05, 0.1) is 6.04 Å². The Morgan fingerprint density at radius 3 is 2.14 bits per heavy atom. The fraction of sp³-hybridized carbons (Fsp3) is 0.348. The Morgan fingerprint density at radius 2 is 1.59 bits per heavy atom. The van der Waals surface area contributed by atoms with Crippen molar-refractivity contribution in [3.8, 4) is 0 Å². The molecule has 0 saturated carbocycles. The van der Waals surface area contributed by atoms with E-state index in [1.54, 1.807) is 24.3 Å². The Bertz CT molecular complexity index is 839. The van der Waals surface area contributed by atoms with Gasteiger partial charge in [-0.15, -0.1) is 0 Å². The van der Waals surface area contributed by atoms with Crippen molar-refractivity contribution in [3.63, 3.8) is 0 Å². The number of rotatable bonds is 8. The van der Waals surface area contributed by atoms with E-state index in [-0.39, 0.29) is 24.3 Å². The van der Waals surface area contributed by atoms with Crippen molar-refractivity contribution in [2.75, 3.05) is 0 Å². The molecule has 2 aromatic carbocycles. The van der Waals surface area contributed by atoms with Crippen LogP contribution in [0.4, 0.5) is 0 Å². The summed E-state index contributed by atoms with van der Waals surface area (Å²) in [6.07, 6.45) is 0.272. The van der Waals surface area contributed by atoms with E-state index in [9.17, 15) is 14.4 Å². The number of amides is 2. The van der Waals surface area contributed by atoms with Gasteiger partial charge in [-0.1, -0.05) is 63.2 Å². The van der Waals surface area contributed by atoms with E-state index in [2.05, 4.69) is 10.6 Å². The minimum atomic E-state index is -0.901. The number of carbonyl (C=O) groups excluding carboxylic acids is 2. The van der Waals surface area contributed by atoms with Crippen LogP contribution in [-0.2, 0) is 16.1 Å². The standard InChI is InChI=1S/C23H28N2O4/c1-23(2,3)22(29)24-15-16-9-11-18(12-10-16)21(28)25-19(13-14-20(26)27)17-7-5-4-6-8-17/h4-12,19H,13-15H2,1-3H3,(H,24,29)(H,25,28)(H,26,27). The monoisotopic (exact) mass is 396 g/mol. The smallest absolute Gasteiger partial charge is 0.303 e. The number of carbonyl (C=O) groups is 3. The maximum atomic E-state index is 12.7. The van der Waals surface area contributed by atoms with Gasteiger partial charge in [0.1, 0.15) is 0 Å². The molecule has 0 bridgehead atoms. The summed E-state index contributed by atoms with van der Waals surface area (Å²) in [6.45, 7) is 5.94. The Kier molecular flexibility index (Phi) is 7.53. The summed E-state index contributed by atoms with van der Waals surface area (Å²) in [7, 11) is 0.